The summed E-state index contributed by atoms with van der Waals surface area (Å²) >= 11 is 1.38. The van der Waals surface area contributed by atoms with Gasteiger partial charge in [-0.05, 0) is 60.7 Å². The lowest BCUT2D eigenvalue weighted by atomic mass is 9.99. The van der Waals surface area contributed by atoms with Crippen LogP contribution in [0.4, 0.5) is 0 Å². The van der Waals surface area contributed by atoms with Gasteiger partial charge in [0.05, 0.1) is 7.11 Å². The van der Waals surface area contributed by atoms with Crippen LogP contribution >= 0.6 is 11.8 Å². The van der Waals surface area contributed by atoms with Gasteiger partial charge in [-0.25, -0.2) is 9.59 Å². The predicted octanol–water partition coefficient (Wildman–Crippen LogP) is 5.19. The minimum atomic E-state index is -1.87. The second kappa shape index (κ2) is 10.9. The Hall–Kier alpha value is -3.49. The molecule has 0 aromatic heterocycles. The molecule has 8 heteroatoms. The highest BCUT2D eigenvalue weighted by Crippen LogP contribution is 2.36. The number of nitrogens with two attached hydrogens (primary N) is 1. The van der Waals surface area contributed by atoms with Gasteiger partial charge in [-0.2, -0.15) is 11.8 Å². The summed E-state index contributed by atoms with van der Waals surface area (Å²) in [6.07, 6.45) is 0. The molecule has 0 fully saturated rings. The van der Waals surface area contributed by atoms with Gasteiger partial charge in [-0.15, -0.1) is 0 Å². The molecule has 1 aliphatic heterocycles. The first-order chi connectivity index (χ1) is 17.6. The average molecular weight is 522 g/mol. The first-order valence-electron chi connectivity index (χ1n) is 11.9. The number of esters is 2. The van der Waals surface area contributed by atoms with Crippen LogP contribution in [-0.4, -0.2) is 42.7 Å². The van der Waals surface area contributed by atoms with E-state index in [9.17, 15) is 9.59 Å². The van der Waals surface area contributed by atoms with Crippen LogP contribution in [-0.2, 0) is 24.8 Å². The molecule has 7 nitrogen and oxygen atoms in total. The summed E-state index contributed by atoms with van der Waals surface area (Å²) < 4.78 is 21.0. The van der Waals surface area contributed by atoms with E-state index in [1.807, 2.05) is 30.3 Å². The molecule has 0 bridgehead atoms. The molecule has 0 aliphatic carbocycles. The number of carbonyl (C=O) groups is 2. The summed E-state index contributed by atoms with van der Waals surface area (Å²) in [6, 6.07) is 22.4. The minimum absolute atomic E-state index is 0.0393. The van der Waals surface area contributed by atoms with Crippen LogP contribution in [0.3, 0.4) is 0 Å². The largest absolute Gasteiger partial charge is 0.467 e. The van der Waals surface area contributed by atoms with E-state index in [4.69, 9.17) is 24.7 Å². The van der Waals surface area contributed by atoms with Crippen molar-refractivity contribution >= 4 is 23.7 Å². The molecule has 0 spiro atoms. The maximum Gasteiger partial charge on any atom is 0.339 e. The molecule has 3 aromatic carbocycles. The minimum Gasteiger partial charge on any atom is -0.467 e. The third kappa shape index (κ3) is 6.26. The molecule has 0 saturated carbocycles. The van der Waals surface area contributed by atoms with Gasteiger partial charge in [0.25, 0.3) is 0 Å². The second-order valence-corrected chi connectivity index (χ2v) is 10.8. The summed E-state index contributed by atoms with van der Waals surface area (Å²) in [5.74, 6) is 0.540. The van der Waals surface area contributed by atoms with Gasteiger partial charge in [0.1, 0.15) is 5.60 Å². The second-order valence-electron chi connectivity index (χ2n) is 9.80. The van der Waals surface area contributed by atoms with Gasteiger partial charge < -0.3 is 24.7 Å². The summed E-state index contributed by atoms with van der Waals surface area (Å²) in [7, 11) is 1.21. The Labute approximate surface area is 221 Å². The van der Waals surface area contributed by atoms with Crippen molar-refractivity contribution in [1.82, 2.24) is 0 Å². The number of benzene rings is 3. The maximum absolute atomic E-state index is 12.6. The van der Waals surface area contributed by atoms with Gasteiger partial charge in [-0.1, -0.05) is 54.6 Å². The molecule has 1 atom stereocenters. The van der Waals surface area contributed by atoms with E-state index in [-0.39, 0.29) is 12.5 Å². The van der Waals surface area contributed by atoms with E-state index >= 15 is 0 Å². The Morgan fingerprint density at radius 3 is 1.97 bits per heavy atom. The first-order valence-corrected chi connectivity index (χ1v) is 13.0. The molecule has 0 radical (unpaired) electrons. The summed E-state index contributed by atoms with van der Waals surface area (Å²) in [6.45, 7) is 5.43. The molecular formula is C29H31NO6S. The Bertz CT molecular complexity index is 1270. The molecule has 1 aliphatic rings. The van der Waals surface area contributed by atoms with E-state index < -0.39 is 23.1 Å². The van der Waals surface area contributed by atoms with E-state index in [0.717, 1.165) is 39.3 Å². The highest BCUT2D eigenvalue weighted by molar-refractivity contribution is 7.98. The lowest BCUT2D eigenvalue weighted by molar-refractivity contribution is -0.169. The van der Waals surface area contributed by atoms with Crippen molar-refractivity contribution in [3.63, 3.8) is 0 Å². The maximum atomic E-state index is 12.6. The standard InChI is InChI=1S/C29H31NO6S/c1-28(2,3)36-27(32)29(30,26(31)33-4)17-37-16-19-5-7-20(8-6-19)21-9-11-22(12-10-21)23-13-14-24-25(15-23)35-18-34-24/h5-15H,16-18,30H2,1-4H3. The number of methoxy groups -OCH3 is 1. The molecule has 3 aromatic rings. The molecule has 37 heavy (non-hydrogen) atoms. The number of fused-ring (bicyclic) bond motifs is 1. The number of hydrogen-bond donors (Lipinski definition) is 1. The van der Waals surface area contributed by atoms with Crippen LogP contribution in [0.15, 0.2) is 66.7 Å². The van der Waals surface area contributed by atoms with Crippen LogP contribution in [0.25, 0.3) is 22.3 Å². The molecular weight excluding hydrogens is 490 g/mol. The Balaban J connectivity index is 1.38. The number of ether oxygens (including phenoxy) is 4. The third-order valence-electron chi connectivity index (χ3n) is 5.79. The lowest BCUT2D eigenvalue weighted by Gasteiger charge is -2.28. The molecule has 0 amide bonds. The zero-order valence-corrected chi connectivity index (χ0v) is 22.2. The smallest absolute Gasteiger partial charge is 0.339 e. The highest BCUT2D eigenvalue weighted by atomic mass is 32.2. The van der Waals surface area contributed by atoms with Crippen molar-refractivity contribution in [2.75, 3.05) is 19.7 Å². The zero-order valence-electron chi connectivity index (χ0n) is 21.4. The molecule has 1 heterocycles. The van der Waals surface area contributed by atoms with Crippen molar-refractivity contribution in [2.24, 2.45) is 5.73 Å². The molecule has 194 valence electrons. The Kier molecular flexibility index (Phi) is 7.80. The first kappa shape index (κ1) is 26.6. The predicted molar refractivity (Wildman–Crippen MR) is 144 cm³/mol. The fourth-order valence-electron chi connectivity index (χ4n) is 3.81. The van der Waals surface area contributed by atoms with Gasteiger partial charge in [0.15, 0.2) is 11.5 Å². The number of thioether (sulfide) groups is 1. The van der Waals surface area contributed by atoms with Crippen molar-refractivity contribution in [3.05, 3.63) is 72.3 Å². The van der Waals surface area contributed by atoms with Crippen LogP contribution in [0.1, 0.15) is 26.3 Å². The number of rotatable bonds is 8. The van der Waals surface area contributed by atoms with E-state index in [1.165, 1.54) is 18.9 Å². The van der Waals surface area contributed by atoms with Gasteiger partial charge in [0.2, 0.25) is 12.3 Å². The Morgan fingerprint density at radius 2 is 1.38 bits per heavy atom. The van der Waals surface area contributed by atoms with Crippen molar-refractivity contribution in [1.29, 1.82) is 0 Å². The van der Waals surface area contributed by atoms with E-state index in [2.05, 4.69) is 36.4 Å². The lowest BCUT2D eigenvalue weighted by Crippen LogP contribution is -2.59. The van der Waals surface area contributed by atoms with Crippen LogP contribution in [0.5, 0.6) is 11.5 Å². The van der Waals surface area contributed by atoms with Crippen molar-refractivity contribution in [3.8, 4) is 33.8 Å². The SMILES string of the molecule is COC(=O)C(N)(CSCc1ccc(-c2ccc(-c3ccc4c(c3)OCO4)cc2)cc1)C(=O)OC(C)(C)C. The Morgan fingerprint density at radius 1 is 0.838 bits per heavy atom. The van der Waals surface area contributed by atoms with Crippen LogP contribution < -0.4 is 15.2 Å². The number of hydrogen-bond acceptors (Lipinski definition) is 8. The fraction of sp³-hybridized carbons (Fsp3) is 0.310. The number of carbonyl (C=O) groups excluding carboxylic acids is 2. The molecule has 1 unspecified atom stereocenters. The molecule has 0 saturated heterocycles. The van der Waals surface area contributed by atoms with Crippen LogP contribution in [0, 0.1) is 0 Å². The molecule has 4 rings (SSSR count). The quantitative estimate of drug-likeness (QED) is 0.319. The van der Waals surface area contributed by atoms with Crippen molar-refractivity contribution < 1.29 is 28.5 Å². The zero-order chi connectivity index (χ0) is 26.6. The summed E-state index contributed by atoms with van der Waals surface area (Å²) in [5, 5.41) is 0. The fourth-order valence-corrected chi connectivity index (χ4v) is 4.89. The van der Waals surface area contributed by atoms with E-state index in [1.54, 1.807) is 20.8 Å². The van der Waals surface area contributed by atoms with Gasteiger partial charge in [-0.3, -0.25) is 0 Å². The van der Waals surface area contributed by atoms with Crippen molar-refractivity contribution in [2.45, 2.75) is 37.7 Å². The average Bonchev–Trinajstić information content (AvgIpc) is 3.35. The van der Waals surface area contributed by atoms with Crippen LogP contribution in [0.2, 0.25) is 0 Å². The van der Waals surface area contributed by atoms with Gasteiger partial charge in [0, 0.05) is 11.5 Å². The highest BCUT2D eigenvalue weighted by Gasteiger charge is 2.46. The van der Waals surface area contributed by atoms with E-state index in [0.29, 0.717) is 5.75 Å². The summed E-state index contributed by atoms with van der Waals surface area (Å²) in [4.78, 5) is 24.9. The third-order valence-corrected chi connectivity index (χ3v) is 6.99. The molecule has 2 N–H and O–H groups in total. The van der Waals surface area contributed by atoms with Gasteiger partial charge >= 0.3 is 11.9 Å². The topological polar surface area (TPSA) is 97.1 Å². The summed E-state index contributed by atoms with van der Waals surface area (Å²) in [5.41, 5.74) is 8.92. The monoisotopic (exact) mass is 521 g/mol. The normalized spacial score (nSPS) is 14.1.